The van der Waals surface area contributed by atoms with Gasteiger partial charge in [0, 0.05) is 23.5 Å². The summed E-state index contributed by atoms with van der Waals surface area (Å²) in [6.45, 7) is 13.1. The van der Waals surface area contributed by atoms with Crippen molar-refractivity contribution in [2.75, 3.05) is 5.32 Å². The van der Waals surface area contributed by atoms with Gasteiger partial charge in [0.15, 0.2) is 0 Å². The van der Waals surface area contributed by atoms with E-state index in [0.29, 0.717) is 5.92 Å². The number of benzene rings is 2. The van der Waals surface area contributed by atoms with E-state index in [1.807, 2.05) is 20.0 Å². The molecule has 0 heterocycles. The van der Waals surface area contributed by atoms with Crippen LogP contribution in [0.3, 0.4) is 0 Å². The van der Waals surface area contributed by atoms with Gasteiger partial charge < -0.3 is 11.1 Å². The van der Waals surface area contributed by atoms with Crippen LogP contribution in [0.25, 0.3) is 11.1 Å². The highest BCUT2D eigenvalue weighted by atomic mass is 19.2. The molecule has 27 heavy (non-hydrogen) atoms. The Morgan fingerprint density at radius 1 is 1.07 bits per heavy atom. The van der Waals surface area contributed by atoms with Gasteiger partial charge in [-0.15, -0.1) is 4.48 Å². The first-order valence-corrected chi connectivity index (χ1v) is 9.64. The molecule has 1 aliphatic rings. The van der Waals surface area contributed by atoms with Gasteiger partial charge in [0.05, 0.1) is 0 Å². The molecule has 4 heteroatoms. The Balaban J connectivity index is 0.000000855. The Hall–Kier alpha value is -2.33. The van der Waals surface area contributed by atoms with Crippen molar-refractivity contribution in [3.63, 3.8) is 0 Å². The fourth-order valence-corrected chi connectivity index (χ4v) is 3.65. The Morgan fingerprint density at radius 2 is 1.70 bits per heavy atom. The molecule has 3 nitrogen and oxygen atoms in total. The monoisotopic (exact) mass is 371 g/mol. The van der Waals surface area contributed by atoms with E-state index in [9.17, 15) is 0 Å². The van der Waals surface area contributed by atoms with Gasteiger partial charge in [-0.2, -0.15) is 5.96 Å². The number of hydrogen-bond acceptors (Lipinski definition) is 3. The zero-order valence-corrected chi connectivity index (χ0v) is 17.4. The molecule has 1 atom stereocenters. The zero-order chi connectivity index (χ0) is 20.6. The van der Waals surface area contributed by atoms with Crippen molar-refractivity contribution in [3.05, 3.63) is 65.5 Å². The Bertz CT molecular complexity index is 766. The first-order valence-electron chi connectivity index (χ1n) is 9.64. The Morgan fingerprint density at radius 3 is 2.30 bits per heavy atom. The summed E-state index contributed by atoms with van der Waals surface area (Å²) in [7, 11) is 0. The summed E-state index contributed by atoms with van der Waals surface area (Å²) in [4.78, 5) is 0. The van der Waals surface area contributed by atoms with Crippen LogP contribution >= 0.6 is 0 Å². The first kappa shape index (κ1) is 22.7. The molecule has 0 amide bonds. The highest BCUT2D eigenvalue weighted by Gasteiger charge is 2.36. The third-order valence-corrected chi connectivity index (χ3v) is 5.23. The SMILES string of the molecule is CC.CCC(C)c1cc2c(cc1N/C=C\N)C(C)(C)c1ccccc1-2.NF. The third-order valence-electron chi connectivity index (χ3n) is 5.23. The number of nitrogens with one attached hydrogen (secondary N) is 1. The van der Waals surface area contributed by atoms with Crippen molar-refractivity contribution in [1.82, 2.24) is 0 Å². The van der Waals surface area contributed by atoms with Gasteiger partial charge in [-0.05, 0) is 52.3 Å². The van der Waals surface area contributed by atoms with E-state index < -0.39 is 0 Å². The average Bonchev–Trinajstić information content (AvgIpc) is 2.95. The van der Waals surface area contributed by atoms with E-state index in [0.717, 1.165) is 6.42 Å². The fourth-order valence-electron chi connectivity index (χ4n) is 3.65. The standard InChI is InChI=1S/C21H26N2.C2H6.FH2N/c1-5-14(2)16-12-17-15-8-6-7-9-18(15)21(3,4)19(17)13-20(16)23-11-10-22;2*1-2/h6-14,23H,5,22H2,1-4H3;1-2H3;2H2/b11-10-;;. The zero-order valence-electron chi connectivity index (χ0n) is 17.4. The number of fused-ring (bicyclic) bond motifs is 3. The van der Waals surface area contributed by atoms with Crippen molar-refractivity contribution in [3.8, 4) is 11.1 Å². The summed E-state index contributed by atoms with van der Waals surface area (Å²) in [6, 6.07) is 13.5. The largest absolute Gasteiger partial charge is 0.403 e. The van der Waals surface area contributed by atoms with Gasteiger partial charge in [-0.3, -0.25) is 0 Å². The predicted molar refractivity (Wildman–Crippen MR) is 116 cm³/mol. The van der Waals surface area contributed by atoms with Crippen molar-refractivity contribution >= 4 is 5.69 Å². The smallest absolute Gasteiger partial charge is 0.0418 e. The van der Waals surface area contributed by atoms with Crippen molar-refractivity contribution < 1.29 is 4.48 Å². The summed E-state index contributed by atoms with van der Waals surface area (Å²) >= 11 is 0. The molecule has 1 unspecified atom stereocenters. The van der Waals surface area contributed by atoms with Crippen molar-refractivity contribution in [1.29, 1.82) is 0 Å². The molecule has 0 spiro atoms. The second-order valence-corrected chi connectivity index (χ2v) is 6.97. The molecule has 2 aromatic carbocycles. The van der Waals surface area contributed by atoms with Crippen LogP contribution in [0.4, 0.5) is 10.2 Å². The minimum Gasteiger partial charge on any atom is -0.403 e. The normalized spacial score (nSPS) is 14.2. The van der Waals surface area contributed by atoms with Gasteiger partial charge in [-0.1, -0.05) is 65.8 Å². The van der Waals surface area contributed by atoms with Gasteiger partial charge in [0.25, 0.3) is 0 Å². The average molecular weight is 372 g/mol. The molecular weight excluding hydrogens is 337 g/mol. The number of halogens is 1. The maximum absolute atomic E-state index is 9.00. The molecule has 0 fully saturated rings. The molecule has 0 aromatic heterocycles. The molecule has 5 N–H and O–H groups in total. The summed E-state index contributed by atoms with van der Waals surface area (Å²) in [6.07, 6.45) is 4.47. The highest BCUT2D eigenvalue weighted by molar-refractivity contribution is 5.83. The van der Waals surface area contributed by atoms with E-state index in [2.05, 4.69) is 75.4 Å². The maximum atomic E-state index is 9.00. The van der Waals surface area contributed by atoms with E-state index in [1.54, 1.807) is 6.20 Å². The number of rotatable bonds is 4. The molecule has 0 aliphatic heterocycles. The Labute approximate surface area is 163 Å². The lowest BCUT2D eigenvalue weighted by atomic mass is 9.81. The topological polar surface area (TPSA) is 64.1 Å². The first-order chi connectivity index (χ1) is 13.0. The van der Waals surface area contributed by atoms with Crippen LogP contribution in [-0.4, -0.2) is 0 Å². The van der Waals surface area contributed by atoms with Crippen molar-refractivity contribution in [2.24, 2.45) is 11.7 Å². The molecule has 0 bridgehead atoms. The van der Waals surface area contributed by atoms with E-state index in [-0.39, 0.29) is 5.41 Å². The van der Waals surface area contributed by atoms with Crippen LogP contribution in [0.15, 0.2) is 48.8 Å². The van der Waals surface area contributed by atoms with Crippen LogP contribution in [0.2, 0.25) is 0 Å². The number of nitrogens with two attached hydrogens (primary N) is 2. The quantitative estimate of drug-likeness (QED) is 0.560. The maximum Gasteiger partial charge on any atom is 0.0418 e. The van der Waals surface area contributed by atoms with Crippen LogP contribution in [0.1, 0.15) is 70.6 Å². The van der Waals surface area contributed by atoms with Crippen LogP contribution in [0, 0.1) is 0 Å². The summed E-state index contributed by atoms with van der Waals surface area (Å²) in [5.41, 5.74) is 13.6. The van der Waals surface area contributed by atoms with E-state index >= 15 is 0 Å². The van der Waals surface area contributed by atoms with E-state index in [1.165, 1.54) is 33.5 Å². The van der Waals surface area contributed by atoms with Crippen LogP contribution < -0.4 is 17.0 Å². The molecule has 148 valence electrons. The van der Waals surface area contributed by atoms with Crippen LogP contribution in [-0.2, 0) is 5.41 Å². The fraction of sp³-hybridized carbons (Fsp3) is 0.391. The van der Waals surface area contributed by atoms with Gasteiger partial charge in [-0.25, -0.2) is 0 Å². The van der Waals surface area contributed by atoms with Gasteiger partial charge >= 0.3 is 0 Å². The molecule has 1 aliphatic carbocycles. The molecule has 0 radical (unpaired) electrons. The predicted octanol–water partition coefficient (Wildman–Crippen LogP) is 6.20. The Kier molecular flexibility index (Phi) is 8.51. The molecule has 3 rings (SSSR count). The summed E-state index contributed by atoms with van der Waals surface area (Å²) in [5, 5.41) is 3.37. The lowest BCUT2D eigenvalue weighted by Gasteiger charge is -2.24. The molecule has 2 aromatic rings. The summed E-state index contributed by atoms with van der Waals surface area (Å²) < 4.78 is 9.00. The second kappa shape index (κ2) is 10.1. The lowest BCUT2D eigenvalue weighted by Crippen LogP contribution is -2.15. The molecular formula is C23H34FN3. The van der Waals surface area contributed by atoms with Gasteiger partial charge in [0.2, 0.25) is 0 Å². The lowest BCUT2D eigenvalue weighted by molar-refractivity contribution is 0.530. The second-order valence-electron chi connectivity index (χ2n) is 6.97. The number of anilines is 1. The van der Waals surface area contributed by atoms with E-state index in [4.69, 9.17) is 10.2 Å². The van der Waals surface area contributed by atoms with Gasteiger partial charge in [0.1, 0.15) is 0 Å². The highest BCUT2D eigenvalue weighted by Crippen LogP contribution is 2.50. The molecule has 0 saturated carbocycles. The summed E-state index contributed by atoms with van der Waals surface area (Å²) in [5.74, 6) is 3.50. The minimum atomic E-state index is 0.0305. The molecule has 0 saturated heterocycles. The van der Waals surface area contributed by atoms with Crippen molar-refractivity contribution in [2.45, 2.75) is 59.3 Å². The van der Waals surface area contributed by atoms with Crippen LogP contribution in [0.5, 0.6) is 0 Å². The number of hydrogen-bond donors (Lipinski definition) is 3. The minimum absolute atomic E-state index is 0.0305. The third kappa shape index (κ3) is 4.33.